The van der Waals surface area contributed by atoms with Crippen molar-refractivity contribution in [1.82, 2.24) is 0 Å². The zero-order chi connectivity index (χ0) is 18.5. The number of nitrogens with one attached hydrogen (secondary N) is 1. The summed E-state index contributed by atoms with van der Waals surface area (Å²) in [6.07, 6.45) is 0. The van der Waals surface area contributed by atoms with Crippen LogP contribution in [0.4, 0.5) is 5.69 Å². The highest BCUT2D eigenvalue weighted by Gasteiger charge is 2.12. The summed E-state index contributed by atoms with van der Waals surface area (Å²) in [5, 5.41) is 4.61. The van der Waals surface area contributed by atoms with Gasteiger partial charge >= 0.3 is 0 Å². The van der Waals surface area contributed by atoms with Crippen molar-refractivity contribution in [3.63, 3.8) is 0 Å². The Kier molecular flexibility index (Phi) is 6.87. The van der Waals surface area contributed by atoms with E-state index in [4.69, 9.17) is 27.9 Å². The van der Waals surface area contributed by atoms with Crippen molar-refractivity contribution in [2.24, 2.45) is 0 Å². The van der Waals surface area contributed by atoms with Crippen LogP contribution in [0.15, 0.2) is 69.6 Å². The fourth-order valence-electron chi connectivity index (χ4n) is 2.45. The molecule has 3 aromatic carbocycles. The van der Waals surface area contributed by atoms with E-state index in [-0.39, 0.29) is 0 Å². The Morgan fingerprint density at radius 1 is 0.885 bits per heavy atom. The molecule has 0 bridgehead atoms. The maximum absolute atomic E-state index is 6.25. The quantitative estimate of drug-likeness (QED) is 0.363. The molecule has 3 rings (SSSR count). The normalized spacial score (nSPS) is 10.6. The third-order valence-electron chi connectivity index (χ3n) is 3.73. The van der Waals surface area contributed by atoms with Crippen molar-refractivity contribution in [1.29, 1.82) is 0 Å². The minimum atomic E-state index is 0.356. The first-order valence-electron chi connectivity index (χ1n) is 7.86. The van der Waals surface area contributed by atoms with Gasteiger partial charge in [0.1, 0.15) is 12.4 Å². The van der Waals surface area contributed by atoms with Crippen LogP contribution in [0, 0.1) is 0 Å². The average molecular weight is 516 g/mol. The van der Waals surface area contributed by atoms with Crippen LogP contribution >= 0.6 is 55.1 Å². The Labute approximate surface area is 179 Å². The smallest absolute Gasteiger partial charge is 0.139 e. The monoisotopic (exact) mass is 513 g/mol. The third-order valence-corrected chi connectivity index (χ3v) is 5.36. The SMILES string of the molecule is Clc1ccc(COc2c(Br)cc(Br)cc2CNc2ccccc2)c(Cl)c1. The molecule has 0 radical (unpaired) electrons. The number of rotatable bonds is 6. The molecule has 6 heteroatoms. The number of benzene rings is 3. The first-order chi connectivity index (χ1) is 12.5. The molecule has 3 aromatic rings. The van der Waals surface area contributed by atoms with Crippen molar-refractivity contribution < 1.29 is 4.74 Å². The van der Waals surface area contributed by atoms with Crippen LogP contribution in [0.2, 0.25) is 10.0 Å². The van der Waals surface area contributed by atoms with Crippen LogP contribution < -0.4 is 10.1 Å². The summed E-state index contributed by atoms with van der Waals surface area (Å²) in [5.74, 6) is 0.780. The molecule has 0 aliphatic heterocycles. The van der Waals surface area contributed by atoms with Gasteiger partial charge in [-0.05, 0) is 52.3 Å². The summed E-state index contributed by atoms with van der Waals surface area (Å²) in [6.45, 7) is 0.986. The molecular weight excluding hydrogens is 501 g/mol. The van der Waals surface area contributed by atoms with Crippen molar-refractivity contribution in [2.45, 2.75) is 13.2 Å². The van der Waals surface area contributed by atoms with Crippen LogP contribution in [0.25, 0.3) is 0 Å². The highest BCUT2D eigenvalue weighted by atomic mass is 79.9. The molecule has 0 aliphatic rings. The Bertz CT molecular complexity index is 904. The number of ether oxygens (including phenoxy) is 1. The minimum Gasteiger partial charge on any atom is -0.487 e. The van der Waals surface area contributed by atoms with E-state index in [1.54, 1.807) is 12.1 Å². The zero-order valence-electron chi connectivity index (χ0n) is 13.6. The van der Waals surface area contributed by atoms with E-state index in [1.807, 2.05) is 48.5 Å². The van der Waals surface area contributed by atoms with Crippen LogP contribution in [0.3, 0.4) is 0 Å². The molecule has 0 unspecified atom stereocenters. The van der Waals surface area contributed by atoms with Gasteiger partial charge in [-0.25, -0.2) is 0 Å². The van der Waals surface area contributed by atoms with Gasteiger partial charge in [0.05, 0.1) is 4.47 Å². The summed E-state index contributed by atoms with van der Waals surface area (Å²) < 4.78 is 7.94. The predicted molar refractivity (Wildman–Crippen MR) is 116 cm³/mol. The lowest BCUT2D eigenvalue weighted by atomic mass is 10.2. The molecule has 2 nitrogen and oxygen atoms in total. The minimum absolute atomic E-state index is 0.356. The number of hydrogen-bond acceptors (Lipinski definition) is 2. The lowest BCUT2D eigenvalue weighted by molar-refractivity contribution is 0.301. The topological polar surface area (TPSA) is 21.3 Å². The van der Waals surface area contributed by atoms with Crippen LogP contribution in [-0.2, 0) is 13.2 Å². The molecule has 1 N–H and O–H groups in total. The number of halogens is 4. The first-order valence-corrected chi connectivity index (χ1v) is 10.2. The van der Waals surface area contributed by atoms with Gasteiger partial charge < -0.3 is 10.1 Å². The van der Waals surface area contributed by atoms with Gasteiger partial charge in [0.2, 0.25) is 0 Å². The lowest BCUT2D eigenvalue weighted by Gasteiger charge is -2.16. The van der Waals surface area contributed by atoms with Crippen molar-refractivity contribution >= 4 is 60.7 Å². The zero-order valence-corrected chi connectivity index (χ0v) is 18.3. The van der Waals surface area contributed by atoms with E-state index in [2.05, 4.69) is 37.2 Å². The van der Waals surface area contributed by atoms with Gasteiger partial charge in [0.15, 0.2) is 0 Å². The second-order valence-electron chi connectivity index (χ2n) is 5.62. The van der Waals surface area contributed by atoms with Gasteiger partial charge in [-0.3, -0.25) is 0 Å². The van der Waals surface area contributed by atoms with Crippen LogP contribution in [0.1, 0.15) is 11.1 Å². The van der Waals surface area contributed by atoms with Gasteiger partial charge in [-0.2, -0.15) is 0 Å². The van der Waals surface area contributed by atoms with E-state index in [9.17, 15) is 0 Å². The highest BCUT2D eigenvalue weighted by molar-refractivity contribution is 9.11. The fourth-order valence-corrected chi connectivity index (χ4v) is 4.34. The largest absolute Gasteiger partial charge is 0.487 e. The molecule has 0 amide bonds. The molecule has 0 aliphatic carbocycles. The highest BCUT2D eigenvalue weighted by Crippen LogP contribution is 2.34. The lowest BCUT2D eigenvalue weighted by Crippen LogP contribution is -2.05. The average Bonchev–Trinajstić information content (AvgIpc) is 2.61. The summed E-state index contributed by atoms with van der Waals surface area (Å²) in [5.41, 5.74) is 2.96. The Morgan fingerprint density at radius 2 is 1.65 bits per heavy atom. The van der Waals surface area contributed by atoms with Crippen molar-refractivity contribution in [2.75, 3.05) is 5.32 Å². The summed E-state index contributed by atoms with van der Waals surface area (Å²) >= 11 is 19.3. The fraction of sp³-hybridized carbons (Fsp3) is 0.100. The molecule has 0 fully saturated rings. The van der Waals surface area contributed by atoms with Crippen LogP contribution in [0.5, 0.6) is 5.75 Å². The van der Waals surface area contributed by atoms with Crippen molar-refractivity contribution in [3.05, 3.63) is 90.8 Å². The molecular formula is C20H15Br2Cl2NO. The van der Waals surface area contributed by atoms with E-state index in [0.29, 0.717) is 23.2 Å². The summed E-state index contributed by atoms with van der Waals surface area (Å²) in [6, 6.07) is 19.5. The van der Waals surface area contributed by atoms with E-state index >= 15 is 0 Å². The molecule has 26 heavy (non-hydrogen) atoms. The Hall–Kier alpha value is -1.20. The maximum Gasteiger partial charge on any atom is 0.139 e. The van der Waals surface area contributed by atoms with Crippen LogP contribution in [-0.4, -0.2) is 0 Å². The Balaban J connectivity index is 1.79. The molecule has 0 saturated carbocycles. The summed E-state index contributed by atoms with van der Waals surface area (Å²) in [4.78, 5) is 0. The second kappa shape index (κ2) is 9.14. The molecule has 0 aromatic heterocycles. The molecule has 0 atom stereocenters. The molecule has 134 valence electrons. The van der Waals surface area contributed by atoms with Crippen molar-refractivity contribution in [3.8, 4) is 5.75 Å². The predicted octanol–water partition coefficient (Wildman–Crippen LogP) is 7.71. The standard InChI is InChI=1S/C20H15Br2Cl2NO/c21-15-8-14(11-25-17-4-2-1-3-5-17)20(18(22)9-15)26-12-13-6-7-16(23)10-19(13)24/h1-10,25H,11-12H2. The summed E-state index contributed by atoms with van der Waals surface area (Å²) in [7, 11) is 0. The number of para-hydroxylation sites is 1. The van der Waals surface area contributed by atoms with Gasteiger partial charge in [-0.15, -0.1) is 0 Å². The molecule has 0 heterocycles. The number of hydrogen-bond donors (Lipinski definition) is 1. The van der Waals surface area contributed by atoms with E-state index in [0.717, 1.165) is 31.5 Å². The molecule has 0 spiro atoms. The maximum atomic E-state index is 6.25. The second-order valence-corrected chi connectivity index (χ2v) is 8.23. The Morgan fingerprint density at radius 3 is 2.38 bits per heavy atom. The van der Waals surface area contributed by atoms with E-state index < -0.39 is 0 Å². The van der Waals surface area contributed by atoms with Gasteiger partial charge in [0.25, 0.3) is 0 Å². The van der Waals surface area contributed by atoms with E-state index in [1.165, 1.54) is 0 Å². The molecule has 0 saturated heterocycles. The third kappa shape index (κ3) is 5.17. The first kappa shape index (κ1) is 19.6. The van der Waals surface area contributed by atoms with Gasteiger partial charge in [-0.1, -0.05) is 63.4 Å². The van der Waals surface area contributed by atoms with Gasteiger partial charge in [0, 0.05) is 37.9 Å². The number of anilines is 1.